The quantitative estimate of drug-likeness (QED) is 0.157. The van der Waals surface area contributed by atoms with E-state index in [0.29, 0.717) is 27.2 Å². The molecule has 10 heteroatoms. The molecule has 0 spiro atoms. The summed E-state index contributed by atoms with van der Waals surface area (Å²) in [5.41, 5.74) is 1.32. The van der Waals surface area contributed by atoms with E-state index in [9.17, 15) is 19.2 Å². The number of ether oxygens (including phenoxy) is 2. The number of nitrogens with zero attached hydrogens (tertiary/aromatic N) is 1. The second-order valence-electron chi connectivity index (χ2n) is 8.77. The van der Waals surface area contributed by atoms with Crippen LogP contribution in [-0.4, -0.2) is 36.0 Å². The first-order valence-electron chi connectivity index (χ1n) is 12.0. The molecule has 1 aliphatic heterocycles. The Kier molecular flexibility index (Phi) is 7.52. The van der Waals surface area contributed by atoms with E-state index in [1.165, 1.54) is 37.5 Å². The van der Waals surface area contributed by atoms with Gasteiger partial charge in [0, 0.05) is 0 Å². The molecule has 0 bridgehead atoms. The number of carboxylic acids is 1. The Morgan fingerprint density at radius 2 is 1.73 bits per heavy atom. The summed E-state index contributed by atoms with van der Waals surface area (Å²) in [5, 5.41) is 13.5. The molecular formula is C30H21IN2O7. The largest absolute Gasteiger partial charge is 0.493 e. The van der Waals surface area contributed by atoms with E-state index in [1.807, 2.05) is 42.5 Å². The van der Waals surface area contributed by atoms with Gasteiger partial charge in [-0.15, -0.1) is 0 Å². The number of benzene rings is 4. The Bertz CT molecular complexity index is 1710. The van der Waals surface area contributed by atoms with E-state index in [0.717, 1.165) is 21.2 Å². The van der Waals surface area contributed by atoms with Crippen LogP contribution in [0.5, 0.6) is 11.5 Å². The molecule has 40 heavy (non-hydrogen) atoms. The van der Waals surface area contributed by atoms with Crippen LogP contribution in [0.1, 0.15) is 21.5 Å². The van der Waals surface area contributed by atoms with Crippen LogP contribution in [-0.2, 0) is 16.2 Å². The van der Waals surface area contributed by atoms with Gasteiger partial charge in [-0.05, 0) is 87.0 Å². The van der Waals surface area contributed by atoms with Crippen molar-refractivity contribution in [3.05, 3.63) is 105 Å². The van der Waals surface area contributed by atoms with Crippen LogP contribution in [0, 0.1) is 3.57 Å². The van der Waals surface area contributed by atoms with Crippen molar-refractivity contribution < 1.29 is 33.8 Å². The molecule has 4 aromatic carbocycles. The first kappa shape index (κ1) is 26.9. The summed E-state index contributed by atoms with van der Waals surface area (Å²) in [6, 6.07) is 21.6. The van der Waals surface area contributed by atoms with E-state index < -0.39 is 23.8 Å². The Morgan fingerprint density at radius 1 is 1.00 bits per heavy atom. The van der Waals surface area contributed by atoms with Gasteiger partial charge < -0.3 is 14.6 Å². The monoisotopic (exact) mass is 648 g/mol. The van der Waals surface area contributed by atoms with Gasteiger partial charge in [-0.1, -0.05) is 42.5 Å². The molecule has 0 unspecified atom stereocenters. The molecule has 1 fully saturated rings. The van der Waals surface area contributed by atoms with Crippen LogP contribution in [0.25, 0.3) is 16.8 Å². The lowest BCUT2D eigenvalue weighted by atomic mass is 10.1. The second kappa shape index (κ2) is 11.2. The van der Waals surface area contributed by atoms with Crippen LogP contribution < -0.4 is 19.7 Å². The Hall–Kier alpha value is -4.71. The number of barbiturate groups is 1. The number of carbonyl (C=O) groups excluding carboxylic acids is 3. The van der Waals surface area contributed by atoms with Gasteiger partial charge in [0.05, 0.1) is 21.9 Å². The van der Waals surface area contributed by atoms with Gasteiger partial charge in [0.15, 0.2) is 11.5 Å². The standard InChI is InChI=1S/C30H21IN2O7/c1-39-25-15-17(14-24(31)26(25)40-16-20-7-4-6-18-5-2-3-8-22(18)20)13-23-27(34)32-30(38)33(28(23)35)21-11-9-19(10-12-21)29(36)37/h2-15H,16H2,1H3,(H,36,37)(H,32,34,38)/b23-13+. The summed E-state index contributed by atoms with van der Waals surface area (Å²) in [6.45, 7) is 0.298. The Balaban J connectivity index is 1.43. The minimum absolute atomic E-state index is 0.00936. The number of urea groups is 1. The molecule has 5 rings (SSSR count). The smallest absolute Gasteiger partial charge is 0.335 e. The number of methoxy groups -OCH3 is 1. The third kappa shape index (κ3) is 5.25. The van der Waals surface area contributed by atoms with E-state index >= 15 is 0 Å². The molecule has 9 nitrogen and oxygen atoms in total. The molecule has 1 saturated heterocycles. The number of hydrogen-bond acceptors (Lipinski definition) is 6. The molecule has 4 aromatic rings. The van der Waals surface area contributed by atoms with Crippen molar-refractivity contribution in [2.45, 2.75) is 6.61 Å². The third-order valence-electron chi connectivity index (χ3n) is 6.29. The van der Waals surface area contributed by atoms with E-state index in [1.54, 1.807) is 12.1 Å². The van der Waals surface area contributed by atoms with E-state index in [2.05, 4.69) is 27.9 Å². The van der Waals surface area contributed by atoms with Gasteiger partial charge in [-0.25, -0.2) is 14.5 Å². The average Bonchev–Trinajstić information content (AvgIpc) is 2.94. The summed E-state index contributed by atoms with van der Waals surface area (Å²) >= 11 is 2.09. The maximum Gasteiger partial charge on any atom is 0.335 e. The molecule has 0 atom stereocenters. The zero-order valence-electron chi connectivity index (χ0n) is 21.0. The Labute approximate surface area is 242 Å². The molecule has 0 aromatic heterocycles. The van der Waals surface area contributed by atoms with Gasteiger partial charge in [-0.3, -0.25) is 14.9 Å². The van der Waals surface area contributed by atoms with Gasteiger partial charge in [0.2, 0.25) is 0 Å². The number of amides is 4. The number of halogens is 1. The number of nitrogens with one attached hydrogen (secondary N) is 1. The third-order valence-corrected chi connectivity index (χ3v) is 7.09. The maximum absolute atomic E-state index is 13.2. The molecular weight excluding hydrogens is 627 g/mol. The number of carboxylic acid groups (broad SMARTS) is 1. The highest BCUT2D eigenvalue weighted by molar-refractivity contribution is 14.1. The molecule has 1 aliphatic rings. The lowest BCUT2D eigenvalue weighted by molar-refractivity contribution is -0.122. The molecule has 0 saturated carbocycles. The van der Waals surface area contributed by atoms with Gasteiger partial charge >= 0.3 is 12.0 Å². The number of anilines is 1. The summed E-state index contributed by atoms with van der Waals surface area (Å²) in [5.74, 6) is -1.93. The van der Waals surface area contributed by atoms with Crippen LogP contribution in [0.3, 0.4) is 0 Å². The van der Waals surface area contributed by atoms with E-state index in [4.69, 9.17) is 14.6 Å². The van der Waals surface area contributed by atoms with Crippen molar-refractivity contribution in [1.82, 2.24) is 5.32 Å². The SMILES string of the molecule is COc1cc(/C=C2\C(=O)NC(=O)N(c3ccc(C(=O)O)cc3)C2=O)cc(I)c1OCc1cccc2ccccc12. The lowest BCUT2D eigenvalue weighted by Gasteiger charge is -2.26. The van der Waals surface area contributed by atoms with Gasteiger partial charge in [-0.2, -0.15) is 0 Å². The predicted octanol–water partition coefficient (Wildman–Crippen LogP) is 5.40. The highest BCUT2D eigenvalue weighted by Crippen LogP contribution is 2.36. The second-order valence-corrected chi connectivity index (χ2v) is 9.93. The average molecular weight is 648 g/mol. The number of carbonyl (C=O) groups is 4. The molecule has 1 heterocycles. The number of fused-ring (bicyclic) bond motifs is 1. The van der Waals surface area contributed by atoms with Crippen molar-refractivity contribution in [2.75, 3.05) is 12.0 Å². The molecule has 2 N–H and O–H groups in total. The number of imide groups is 2. The van der Waals surface area contributed by atoms with Crippen LogP contribution in [0.4, 0.5) is 10.5 Å². The van der Waals surface area contributed by atoms with Crippen LogP contribution in [0.15, 0.2) is 84.4 Å². The zero-order valence-corrected chi connectivity index (χ0v) is 23.2. The summed E-state index contributed by atoms with van der Waals surface area (Å²) in [6.07, 6.45) is 1.36. The summed E-state index contributed by atoms with van der Waals surface area (Å²) in [4.78, 5) is 50.3. The molecule has 200 valence electrons. The minimum atomic E-state index is -1.15. The normalized spacial score (nSPS) is 14.4. The van der Waals surface area contributed by atoms with Gasteiger partial charge in [0.25, 0.3) is 11.8 Å². The van der Waals surface area contributed by atoms with Crippen molar-refractivity contribution in [3.8, 4) is 11.5 Å². The van der Waals surface area contributed by atoms with Gasteiger partial charge in [0.1, 0.15) is 12.2 Å². The van der Waals surface area contributed by atoms with Crippen molar-refractivity contribution in [3.63, 3.8) is 0 Å². The van der Waals surface area contributed by atoms with Crippen LogP contribution in [0.2, 0.25) is 0 Å². The van der Waals surface area contributed by atoms with Crippen molar-refractivity contribution in [1.29, 1.82) is 0 Å². The summed E-state index contributed by atoms with van der Waals surface area (Å²) < 4.78 is 12.4. The molecule has 0 radical (unpaired) electrons. The lowest BCUT2D eigenvalue weighted by Crippen LogP contribution is -2.54. The highest BCUT2D eigenvalue weighted by atomic mass is 127. The fourth-order valence-electron chi connectivity index (χ4n) is 4.34. The van der Waals surface area contributed by atoms with Crippen molar-refractivity contribution >= 4 is 68.9 Å². The van der Waals surface area contributed by atoms with Crippen molar-refractivity contribution in [2.24, 2.45) is 0 Å². The molecule has 4 amide bonds. The molecule has 0 aliphatic carbocycles. The first-order chi connectivity index (χ1) is 19.3. The van der Waals surface area contributed by atoms with Crippen LogP contribution >= 0.6 is 22.6 Å². The highest BCUT2D eigenvalue weighted by Gasteiger charge is 2.37. The number of hydrogen-bond donors (Lipinski definition) is 2. The predicted molar refractivity (Wildman–Crippen MR) is 156 cm³/mol. The number of aromatic carboxylic acids is 1. The summed E-state index contributed by atoms with van der Waals surface area (Å²) in [7, 11) is 1.49. The zero-order chi connectivity index (χ0) is 28.4. The Morgan fingerprint density at radius 3 is 2.45 bits per heavy atom. The first-order valence-corrected chi connectivity index (χ1v) is 13.1. The fraction of sp³-hybridized carbons (Fsp3) is 0.0667. The fourth-order valence-corrected chi connectivity index (χ4v) is 5.12. The topological polar surface area (TPSA) is 122 Å². The minimum Gasteiger partial charge on any atom is -0.493 e. The number of rotatable bonds is 7. The maximum atomic E-state index is 13.2. The van der Waals surface area contributed by atoms with E-state index in [-0.39, 0.29) is 16.8 Å².